The molecule has 2 unspecified atom stereocenters. The summed E-state index contributed by atoms with van der Waals surface area (Å²) in [6.07, 6.45) is 5.05. The molecule has 0 aliphatic heterocycles. The maximum Gasteiger partial charge on any atom is 0.222 e. The number of nitrogens with two attached hydrogens (primary N) is 1. The molecule has 2 N–H and O–H groups in total. The van der Waals surface area contributed by atoms with E-state index < -0.39 is 0 Å². The second-order valence-electron chi connectivity index (χ2n) is 6.06. The van der Waals surface area contributed by atoms with Crippen LogP contribution in [0.5, 0.6) is 5.88 Å². The molecular formula is C15H25N3O. The molecule has 4 heteroatoms. The van der Waals surface area contributed by atoms with Crippen LogP contribution in [0.3, 0.4) is 0 Å². The Labute approximate surface area is 115 Å². The van der Waals surface area contributed by atoms with E-state index in [0.717, 1.165) is 30.1 Å². The molecule has 0 amide bonds. The average Bonchev–Trinajstić information content (AvgIpc) is 2.34. The van der Waals surface area contributed by atoms with E-state index in [0.29, 0.717) is 11.7 Å². The molecule has 1 saturated carbocycles. The molecule has 1 aromatic rings. The second-order valence-corrected chi connectivity index (χ2v) is 6.06. The van der Waals surface area contributed by atoms with Crippen LogP contribution in [0.1, 0.15) is 63.8 Å². The minimum Gasteiger partial charge on any atom is -0.474 e. The van der Waals surface area contributed by atoms with Crippen molar-refractivity contribution >= 4 is 5.82 Å². The topological polar surface area (TPSA) is 61.0 Å². The zero-order valence-corrected chi connectivity index (χ0v) is 12.4. The Balaban J connectivity index is 2.19. The van der Waals surface area contributed by atoms with Gasteiger partial charge in [-0.3, -0.25) is 0 Å². The molecule has 2 rings (SSSR count). The first kappa shape index (κ1) is 14.1. The van der Waals surface area contributed by atoms with E-state index in [1.807, 2.05) is 6.92 Å². The predicted molar refractivity (Wildman–Crippen MR) is 77.3 cm³/mol. The van der Waals surface area contributed by atoms with Gasteiger partial charge in [0.25, 0.3) is 0 Å². The van der Waals surface area contributed by atoms with Crippen molar-refractivity contribution in [2.45, 2.75) is 65.4 Å². The summed E-state index contributed by atoms with van der Waals surface area (Å²) in [4.78, 5) is 8.87. The molecule has 0 bridgehead atoms. The largest absolute Gasteiger partial charge is 0.474 e. The van der Waals surface area contributed by atoms with Gasteiger partial charge >= 0.3 is 0 Å². The van der Waals surface area contributed by atoms with Crippen LogP contribution >= 0.6 is 0 Å². The van der Waals surface area contributed by atoms with Crippen molar-refractivity contribution in [3.8, 4) is 5.88 Å². The molecule has 0 spiro atoms. The molecule has 1 aromatic heterocycles. The second kappa shape index (κ2) is 5.76. The van der Waals surface area contributed by atoms with Crippen molar-refractivity contribution in [2.24, 2.45) is 5.92 Å². The first-order valence-corrected chi connectivity index (χ1v) is 7.28. The lowest BCUT2D eigenvalue weighted by Crippen LogP contribution is -2.25. The third-order valence-electron chi connectivity index (χ3n) is 3.84. The SMILES string of the molecule is Cc1c(N)nc(C(C)C)nc1OC1CCCC(C)C1. The van der Waals surface area contributed by atoms with Gasteiger partial charge in [-0.05, 0) is 32.1 Å². The lowest BCUT2D eigenvalue weighted by molar-refractivity contribution is 0.122. The van der Waals surface area contributed by atoms with Gasteiger partial charge in [0.2, 0.25) is 5.88 Å². The van der Waals surface area contributed by atoms with Crippen LogP contribution in [0.2, 0.25) is 0 Å². The number of ether oxygens (including phenoxy) is 1. The van der Waals surface area contributed by atoms with Crippen molar-refractivity contribution in [1.29, 1.82) is 0 Å². The summed E-state index contributed by atoms with van der Waals surface area (Å²) in [6.45, 7) is 8.35. The molecule has 0 aromatic carbocycles. The van der Waals surface area contributed by atoms with Crippen molar-refractivity contribution in [2.75, 3.05) is 5.73 Å². The third kappa shape index (κ3) is 3.37. The highest BCUT2D eigenvalue weighted by Crippen LogP contribution is 2.29. The lowest BCUT2D eigenvalue weighted by Gasteiger charge is -2.27. The Morgan fingerprint density at radius 3 is 2.63 bits per heavy atom. The molecule has 1 aliphatic carbocycles. The molecule has 4 nitrogen and oxygen atoms in total. The van der Waals surface area contributed by atoms with Crippen LogP contribution in [0.25, 0.3) is 0 Å². The number of hydrogen-bond donors (Lipinski definition) is 1. The van der Waals surface area contributed by atoms with E-state index in [1.54, 1.807) is 0 Å². The fourth-order valence-corrected chi connectivity index (χ4v) is 2.55. The van der Waals surface area contributed by atoms with Gasteiger partial charge in [0.15, 0.2) is 0 Å². The fourth-order valence-electron chi connectivity index (χ4n) is 2.55. The van der Waals surface area contributed by atoms with Gasteiger partial charge in [0.1, 0.15) is 17.7 Å². The van der Waals surface area contributed by atoms with Crippen LogP contribution in [0.15, 0.2) is 0 Å². The standard InChI is InChI=1S/C15H25N3O/c1-9(2)14-17-13(16)11(4)15(18-14)19-12-7-5-6-10(3)8-12/h9-10,12H,5-8H2,1-4H3,(H2,16,17,18). The summed E-state index contributed by atoms with van der Waals surface area (Å²) in [5.41, 5.74) is 6.82. The summed E-state index contributed by atoms with van der Waals surface area (Å²) in [5.74, 6) is 2.98. The molecule has 0 saturated heterocycles. The van der Waals surface area contributed by atoms with Gasteiger partial charge in [-0.2, -0.15) is 4.98 Å². The fraction of sp³-hybridized carbons (Fsp3) is 0.733. The normalized spacial score (nSPS) is 23.6. The Kier molecular flexibility index (Phi) is 4.27. The smallest absolute Gasteiger partial charge is 0.222 e. The van der Waals surface area contributed by atoms with Gasteiger partial charge in [-0.15, -0.1) is 0 Å². The van der Waals surface area contributed by atoms with Crippen LogP contribution in [0.4, 0.5) is 5.82 Å². The Hall–Kier alpha value is -1.32. The van der Waals surface area contributed by atoms with Crippen molar-refractivity contribution in [3.05, 3.63) is 11.4 Å². The highest BCUT2D eigenvalue weighted by Gasteiger charge is 2.22. The highest BCUT2D eigenvalue weighted by atomic mass is 16.5. The lowest BCUT2D eigenvalue weighted by atomic mass is 9.89. The van der Waals surface area contributed by atoms with Crippen molar-refractivity contribution < 1.29 is 4.74 Å². The minimum absolute atomic E-state index is 0.260. The molecule has 19 heavy (non-hydrogen) atoms. The molecule has 1 heterocycles. The zero-order valence-electron chi connectivity index (χ0n) is 12.4. The first-order chi connectivity index (χ1) is 8.97. The van der Waals surface area contributed by atoms with Gasteiger partial charge in [0, 0.05) is 5.92 Å². The van der Waals surface area contributed by atoms with E-state index in [1.165, 1.54) is 12.8 Å². The number of hydrogen-bond acceptors (Lipinski definition) is 4. The first-order valence-electron chi connectivity index (χ1n) is 7.28. The minimum atomic E-state index is 0.260. The molecule has 2 atom stereocenters. The summed E-state index contributed by atoms with van der Waals surface area (Å²) in [5, 5.41) is 0. The third-order valence-corrected chi connectivity index (χ3v) is 3.84. The van der Waals surface area contributed by atoms with Gasteiger partial charge < -0.3 is 10.5 Å². The summed E-state index contributed by atoms with van der Waals surface area (Å²) >= 11 is 0. The van der Waals surface area contributed by atoms with Gasteiger partial charge in [-0.25, -0.2) is 4.98 Å². The number of rotatable bonds is 3. The number of nitrogens with zero attached hydrogens (tertiary/aromatic N) is 2. The number of nitrogen functional groups attached to an aromatic ring is 1. The van der Waals surface area contributed by atoms with Gasteiger partial charge in [0.05, 0.1) is 5.56 Å². The molecule has 1 aliphatic rings. The van der Waals surface area contributed by atoms with Crippen LogP contribution in [-0.2, 0) is 0 Å². The van der Waals surface area contributed by atoms with Crippen molar-refractivity contribution in [1.82, 2.24) is 9.97 Å². The zero-order chi connectivity index (χ0) is 14.0. The Morgan fingerprint density at radius 1 is 1.26 bits per heavy atom. The van der Waals surface area contributed by atoms with Crippen molar-refractivity contribution in [3.63, 3.8) is 0 Å². The Bertz CT molecular complexity index is 445. The molecule has 1 fully saturated rings. The van der Waals surface area contributed by atoms with E-state index >= 15 is 0 Å². The highest BCUT2D eigenvalue weighted by molar-refractivity contribution is 5.44. The summed E-state index contributed by atoms with van der Waals surface area (Å²) < 4.78 is 6.10. The monoisotopic (exact) mass is 263 g/mol. The van der Waals surface area contributed by atoms with E-state index in [2.05, 4.69) is 30.7 Å². The van der Waals surface area contributed by atoms with E-state index in [4.69, 9.17) is 10.5 Å². The quantitative estimate of drug-likeness (QED) is 0.907. The Morgan fingerprint density at radius 2 is 2.00 bits per heavy atom. The molecule has 0 radical (unpaired) electrons. The number of aromatic nitrogens is 2. The summed E-state index contributed by atoms with van der Waals surface area (Å²) in [7, 11) is 0. The van der Waals surface area contributed by atoms with Gasteiger partial charge in [-0.1, -0.05) is 27.2 Å². The predicted octanol–water partition coefficient (Wildman–Crippen LogP) is 3.45. The maximum absolute atomic E-state index is 6.10. The average molecular weight is 263 g/mol. The van der Waals surface area contributed by atoms with Crippen LogP contribution < -0.4 is 10.5 Å². The molecular weight excluding hydrogens is 238 g/mol. The van der Waals surface area contributed by atoms with E-state index in [9.17, 15) is 0 Å². The van der Waals surface area contributed by atoms with E-state index in [-0.39, 0.29) is 12.0 Å². The summed E-state index contributed by atoms with van der Waals surface area (Å²) in [6, 6.07) is 0. The maximum atomic E-state index is 6.10. The number of anilines is 1. The van der Waals surface area contributed by atoms with Crippen LogP contribution in [-0.4, -0.2) is 16.1 Å². The van der Waals surface area contributed by atoms with Crippen LogP contribution in [0, 0.1) is 12.8 Å². The molecule has 106 valence electrons.